The van der Waals surface area contributed by atoms with Gasteiger partial charge in [-0.25, -0.2) is 0 Å². The molecule has 100 valence electrons. The molecule has 2 aromatic heterocycles. The lowest BCUT2D eigenvalue weighted by molar-refractivity contribution is 0.113. The molecule has 4 heteroatoms. The molecule has 2 atom stereocenters. The summed E-state index contributed by atoms with van der Waals surface area (Å²) in [6, 6.07) is 8.51. The number of hydrogen-bond acceptors (Lipinski definition) is 4. The Balaban J connectivity index is 1.70. The number of rotatable bonds is 4. The van der Waals surface area contributed by atoms with Crippen LogP contribution in [0.1, 0.15) is 16.9 Å². The average molecular weight is 274 g/mol. The number of hydrogen-bond donors (Lipinski definition) is 1. The second-order valence-corrected chi connectivity index (χ2v) is 6.07. The van der Waals surface area contributed by atoms with Gasteiger partial charge in [-0.05, 0) is 35.9 Å². The van der Waals surface area contributed by atoms with Crippen LogP contribution < -0.4 is 0 Å². The van der Waals surface area contributed by atoms with Crippen molar-refractivity contribution in [3.63, 3.8) is 0 Å². The molecule has 0 amide bonds. The highest BCUT2D eigenvalue weighted by molar-refractivity contribution is 7.09. The Bertz CT molecular complexity index is 500. The van der Waals surface area contributed by atoms with Crippen molar-refractivity contribution in [1.29, 1.82) is 0 Å². The normalized spacial score (nSPS) is 23.8. The highest BCUT2D eigenvalue weighted by Gasteiger charge is 2.32. The third-order valence-electron chi connectivity index (χ3n) is 3.73. The van der Waals surface area contributed by atoms with Gasteiger partial charge >= 0.3 is 0 Å². The summed E-state index contributed by atoms with van der Waals surface area (Å²) in [5.41, 5.74) is 1.20. The van der Waals surface area contributed by atoms with Crippen molar-refractivity contribution >= 4 is 11.3 Å². The van der Waals surface area contributed by atoms with Crippen LogP contribution in [-0.2, 0) is 13.0 Å². The molecule has 0 aromatic carbocycles. The second kappa shape index (κ2) is 5.82. The van der Waals surface area contributed by atoms with Gasteiger partial charge in [-0.3, -0.25) is 9.88 Å². The fourth-order valence-electron chi connectivity index (χ4n) is 2.72. The Morgan fingerprint density at radius 1 is 1.37 bits per heavy atom. The van der Waals surface area contributed by atoms with Gasteiger partial charge in [0.25, 0.3) is 0 Å². The smallest absolute Gasteiger partial charge is 0.0710 e. The van der Waals surface area contributed by atoms with E-state index < -0.39 is 0 Å². The minimum Gasteiger partial charge on any atom is -0.391 e. The molecule has 0 bridgehead atoms. The van der Waals surface area contributed by atoms with E-state index in [0.717, 1.165) is 25.9 Å². The number of pyridine rings is 1. The highest BCUT2D eigenvalue weighted by Crippen LogP contribution is 2.25. The minimum atomic E-state index is -0.222. The van der Waals surface area contributed by atoms with Crippen LogP contribution in [0.5, 0.6) is 0 Å². The van der Waals surface area contributed by atoms with Gasteiger partial charge < -0.3 is 5.11 Å². The van der Waals surface area contributed by atoms with Crippen LogP contribution in [0, 0.1) is 0 Å². The Labute approximate surface area is 117 Å². The molecule has 1 saturated heterocycles. The lowest BCUT2D eigenvalue weighted by Gasteiger charge is -2.25. The van der Waals surface area contributed by atoms with Crippen molar-refractivity contribution in [1.82, 2.24) is 9.88 Å². The minimum absolute atomic E-state index is 0.214. The molecule has 2 aromatic rings. The molecule has 1 N–H and O–H groups in total. The third-order valence-corrected chi connectivity index (χ3v) is 4.59. The number of aliphatic hydroxyl groups excluding tert-OH is 1. The van der Waals surface area contributed by atoms with Crippen LogP contribution in [0.2, 0.25) is 0 Å². The first-order chi connectivity index (χ1) is 9.33. The maximum absolute atomic E-state index is 10.2. The molecule has 1 fully saturated rings. The predicted molar refractivity (Wildman–Crippen MR) is 77.1 cm³/mol. The van der Waals surface area contributed by atoms with Crippen molar-refractivity contribution in [3.05, 3.63) is 52.5 Å². The lowest BCUT2D eigenvalue weighted by Crippen LogP contribution is -2.36. The number of nitrogens with zero attached hydrogens (tertiary/aromatic N) is 2. The van der Waals surface area contributed by atoms with Gasteiger partial charge in [0, 0.05) is 36.4 Å². The van der Waals surface area contributed by atoms with Gasteiger partial charge in [-0.1, -0.05) is 12.1 Å². The van der Waals surface area contributed by atoms with E-state index in [4.69, 9.17) is 0 Å². The first-order valence-corrected chi connectivity index (χ1v) is 7.54. The molecule has 19 heavy (non-hydrogen) atoms. The van der Waals surface area contributed by atoms with Gasteiger partial charge in [-0.2, -0.15) is 0 Å². The van der Waals surface area contributed by atoms with Gasteiger partial charge in [0.15, 0.2) is 0 Å². The zero-order valence-electron chi connectivity index (χ0n) is 10.8. The van der Waals surface area contributed by atoms with Crippen molar-refractivity contribution in [2.75, 3.05) is 6.54 Å². The molecule has 3 heterocycles. The van der Waals surface area contributed by atoms with E-state index in [1.165, 1.54) is 10.4 Å². The van der Waals surface area contributed by atoms with Crippen molar-refractivity contribution in [2.45, 2.75) is 31.5 Å². The van der Waals surface area contributed by atoms with E-state index in [2.05, 4.69) is 33.5 Å². The zero-order chi connectivity index (χ0) is 13.1. The van der Waals surface area contributed by atoms with Gasteiger partial charge in [0.1, 0.15) is 0 Å². The third kappa shape index (κ3) is 3.03. The average Bonchev–Trinajstić information content (AvgIpc) is 3.05. The van der Waals surface area contributed by atoms with E-state index >= 15 is 0 Å². The van der Waals surface area contributed by atoms with Crippen LogP contribution in [0.15, 0.2) is 42.0 Å². The maximum atomic E-state index is 10.2. The Morgan fingerprint density at radius 3 is 3.05 bits per heavy atom. The van der Waals surface area contributed by atoms with Crippen molar-refractivity contribution in [3.8, 4) is 0 Å². The van der Waals surface area contributed by atoms with E-state index in [-0.39, 0.29) is 12.1 Å². The summed E-state index contributed by atoms with van der Waals surface area (Å²) >= 11 is 1.78. The molecule has 3 nitrogen and oxygen atoms in total. The van der Waals surface area contributed by atoms with Crippen molar-refractivity contribution < 1.29 is 5.11 Å². The number of thiophene rings is 1. The summed E-state index contributed by atoms with van der Waals surface area (Å²) in [4.78, 5) is 7.91. The Hall–Kier alpha value is -1.23. The summed E-state index contributed by atoms with van der Waals surface area (Å²) in [7, 11) is 0. The quantitative estimate of drug-likeness (QED) is 0.929. The molecular weight excluding hydrogens is 256 g/mol. The molecule has 1 aliphatic rings. The predicted octanol–water partition coefficient (Wildman–Crippen LogP) is 2.32. The summed E-state index contributed by atoms with van der Waals surface area (Å²) in [6.07, 6.45) is 5.21. The van der Waals surface area contributed by atoms with E-state index in [1.54, 1.807) is 17.5 Å². The zero-order valence-corrected chi connectivity index (χ0v) is 11.6. The molecular formula is C15H18N2OS. The van der Waals surface area contributed by atoms with E-state index in [9.17, 15) is 5.11 Å². The number of likely N-dealkylation sites (tertiary alicyclic amines) is 1. The Morgan fingerprint density at radius 2 is 2.32 bits per heavy atom. The fourth-order valence-corrected chi connectivity index (χ4v) is 3.45. The van der Waals surface area contributed by atoms with E-state index in [0.29, 0.717) is 0 Å². The molecule has 3 rings (SSSR count). The number of aliphatic hydroxyl groups is 1. The SMILES string of the molecule is O[C@@H]1CCN(Cc2cccs2)[C@@H]1Cc1cccnc1. The molecule has 0 spiro atoms. The lowest BCUT2D eigenvalue weighted by atomic mass is 10.0. The van der Waals surface area contributed by atoms with Crippen LogP contribution >= 0.6 is 11.3 Å². The summed E-state index contributed by atoms with van der Waals surface area (Å²) in [5, 5.41) is 12.3. The maximum Gasteiger partial charge on any atom is 0.0710 e. The van der Waals surface area contributed by atoms with Crippen LogP contribution in [-0.4, -0.2) is 33.7 Å². The van der Waals surface area contributed by atoms with Crippen LogP contribution in [0.3, 0.4) is 0 Å². The van der Waals surface area contributed by atoms with Crippen LogP contribution in [0.25, 0.3) is 0 Å². The summed E-state index contributed by atoms with van der Waals surface area (Å²) in [6.45, 7) is 1.92. The molecule has 0 unspecified atom stereocenters. The molecule has 0 saturated carbocycles. The number of aromatic nitrogens is 1. The van der Waals surface area contributed by atoms with Crippen LogP contribution in [0.4, 0.5) is 0 Å². The topological polar surface area (TPSA) is 36.4 Å². The Kier molecular flexibility index (Phi) is 3.92. The molecule has 0 aliphatic carbocycles. The summed E-state index contributed by atoms with van der Waals surface area (Å²) in [5.74, 6) is 0. The monoisotopic (exact) mass is 274 g/mol. The first-order valence-electron chi connectivity index (χ1n) is 6.66. The van der Waals surface area contributed by atoms with E-state index in [1.807, 2.05) is 12.3 Å². The standard InChI is InChI=1S/C15H18N2OS/c18-15-5-7-17(11-13-4-2-8-19-13)14(15)9-12-3-1-6-16-10-12/h1-4,6,8,10,14-15,18H,5,7,9,11H2/t14-,15-/m1/s1. The molecule has 1 aliphatic heterocycles. The second-order valence-electron chi connectivity index (χ2n) is 5.04. The van der Waals surface area contributed by atoms with Gasteiger partial charge in [0.2, 0.25) is 0 Å². The first kappa shape index (κ1) is 12.8. The highest BCUT2D eigenvalue weighted by atomic mass is 32.1. The van der Waals surface area contributed by atoms with Gasteiger partial charge in [-0.15, -0.1) is 11.3 Å². The largest absolute Gasteiger partial charge is 0.391 e. The fraction of sp³-hybridized carbons (Fsp3) is 0.400. The molecule has 0 radical (unpaired) electrons. The van der Waals surface area contributed by atoms with Gasteiger partial charge in [0.05, 0.1) is 6.10 Å². The van der Waals surface area contributed by atoms with Crippen molar-refractivity contribution in [2.24, 2.45) is 0 Å². The summed E-state index contributed by atoms with van der Waals surface area (Å²) < 4.78 is 0.